The molecule has 2 atom stereocenters. The summed E-state index contributed by atoms with van der Waals surface area (Å²) in [5.41, 5.74) is 0.265. The second kappa shape index (κ2) is 9.57. The van der Waals surface area contributed by atoms with Crippen molar-refractivity contribution in [2.75, 3.05) is 19.6 Å². The summed E-state index contributed by atoms with van der Waals surface area (Å²) in [6.07, 6.45) is 6.82. The fraction of sp³-hybridized carbons (Fsp3) is 0.875. The number of rotatable bonds is 11. The van der Waals surface area contributed by atoms with Crippen molar-refractivity contribution < 1.29 is 0 Å². The maximum absolute atomic E-state index is 3.82. The Bertz CT molecular complexity index is 211. The first-order valence-corrected chi connectivity index (χ1v) is 7.69. The third-order valence-corrected chi connectivity index (χ3v) is 4.30. The lowest BCUT2D eigenvalue weighted by atomic mass is 9.84. The predicted molar refractivity (Wildman–Crippen MR) is 83.1 cm³/mol. The second-order valence-electron chi connectivity index (χ2n) is 5.21. The van der Waals surface area contributed by atoms with Gasteiger partial charge in [0.2, 0.25) is 0 Å². The lowest BCUT2D eigenvalue weighted by molar-refractivity contribution is 0.0666. The molecule has 2 nitrogen and oxygen atoms in total. The fourth-order valence-corrected chi connectivity index (χ4v) is 2.98. The van der Waals surface area contributed by atoms with Crippen LogP contribution < -0.4 is 5.32 Å². The zero-order valence-corrected chi connectivity index (χ0v) is 13.3. The van der Waals surface area contributed by atoms with E-state index in [9.17, 15) is 0 Å². The van der Waals surface area contributed by atoms with E-state index in [1.54, 1.807) is 0 Å². The standard InChI is InChI=1S/C16H34N2/c1-7-12-13-14-15(17-9-3)16(6,8-2)18(10-4)11-5/h7,15,17H,1,8-14H2,2-6H3. The largest absolute Gasteiger partial charge is 0.312 e. The van der Waals surface area contributed by atoms with E-state index in [1.165, 1.54) is 19.3 Å². The van der Waals surface area contributed by atoms with E-state index >= 15 is 0 Å². The summed E-state index contributed by atoms with van der Waals surface area (Å²) >= 11 is 0. The molecule has 0 fully saturated rings. The number of nitrogens with zero attached hydrogens (tertiary/aromatic N) is 1. The molecular formula is C16H34N2. The first-order chi connectivity index (χ1) is 8.60. The van der Waals surface area contributed by atoms with Gasteiger partial charge in [0.25, 0.3) is 0 Å². The minimum absolute atomic E-state index is 0.265. The van der Waals surface area contributed by atoms with Gasteiger partial charge in [-0.1, -0.05) is 33.8 Å². The molecule has 0 aliphatic rings. The van der Waals surface area contributed by atoms with Crippen LogP contribution in [0.3, 0.4) is 0 Å². The molecule has 0 aromatic heterocycles. The van der Waals surface area contributed by atoms with Gasteiger partial charge in [0.15, 0.2) is 0 Å². The van der Waals surface area contributed by atoms with Crippen molar-refractivity contribution in [3.63, 3.8) is 0 Å². The summed E-state index contributed by atoms with van der Waals surface area (Å²) in [6.45, 7) is 18.6. The topological polar surface area (TPSA) is 15.3 Å². The van der Waals surface area contributed by atoms with Gasteiger partial charge in [-0.25, -0.2) is 0 Å². The Morgan fingerprint density at radius 3 is 2.22 bits per heavy atom. The normalized spacial score (nSPS) is 16.6. The molecule has 0 saturated carbocycles. The Balaban J connectivity index is 4.80. The van der Waals surface area contributed by atoms with E-state index in [0.717, 1.165) is 26.1 Å². The van der Waals surface area contributed by atoms with Crippen molar-refractivity contribution in [1.29, 1.82) is 0 Å². The highest BCUT2D eigenvalue weighted by atomic mass is 15.2. The molecule has 18 heavy (non-hydrogen) atoms. The number of nitrogens with one attached hydrogen (secondary N) is 1. The molecule has 2 heteroatoms. The summed E-state index contributed by atoms with van der Waals surface area (Å²) < 4.78 is 0. The van der Waals surface area contributed by atoms with E-state index in [-0.39, 0.29) is 5.54 Å². The van der Waals surface area contributed by atoms with Crippen LogP contribution in [0.1, 0.15) is 60.3 Å². The average molecular weight is 254 g/mol. The molecule has 0 radical (unpaired) electrons. The van der Waals surface area contributed by atoms with Crippen molar-refractivity contribution in [2.45, 2.75) is 71.9 Å². The van der Waals surface area contributed by atoms with E-state index < -0.39 is 0 Å². The molecule has 0 rings (SSSR count). The van der Waals surface area contributed by atoms with Crippen molar-refractivity contribution in [3.8, 4) is 0 Å². The zero-order chi connectivity index (χ0) is 14.0. The number of hydrogen-bond acceptors (Lipinski definition) is 2. The van der Waals surface area contributed by atoms with Crippen molar-refractivity contribution in [2.24, 2.45) is 0 Å². The number of likely N-dealkylation sites (N-methyl/N-ethyl adjacent to an activating group) is 2. The lowest BCUT2D eigenvalue weighted by Crippen LogP contribution is -2.59. The Labute approximate surface area is 115 Å². The minimum atomic E-state index is 0.265. The molecule has 0 saturated heterocycles. The summed E-state index contributed by atoms with van der Waals surface area (Å²) in [4.78, 5) is 2.61. The summed E-state index contributed by atoms with van der Waals surface area (Å²) in [6, 6.07) is 0.576. The Morgan fingerprint density at radius 1 is 1.22 bits per heavy atom. The lowest BCUT2D eigenvalue weighted by Gasteiger charge is -2.46. The van der Waals surface area contributed by atoms with E-state index in [2.05, 4.69) is 51.4 Å². The number of allylic oxidation sites excluding steroid dienone is 1. The first-order valence-electron chi connectivity index (χ1n) is 7.69. The minimum Gasteiger partial charge on any atom is -0.312 e. The molecule has 108 valence electrons. The Hall–Kier alpha value is -0.340. The molecule has 0 amide bonds. The van der Waals surface area contributed by atoms with Crippen molar-refractivity contribution >= 4 is 0 Å². The van der Waals surface area contributed by atoms with Crippen molar-refractivity contribution in [1.82, 2.24) is 10.2 Å². The third kappa shape index (κ3) is 4.74. The van der Waals surface area contributed by atoms with E-state index in [4.69, 9.17) is 0 Å². The molecule has 0 bridgehead atoms. The Kier molecular flexibility index (Phi) is 9.39. The van der Waals surface area contributed by atoms with E-state index in [0.29, 0.717) is 6.04 Å². The van der Waals surface area contributed by atoms with Crippen LogP contribution in [0.4, 0.5) is 0 Å². The molecule has 1 N–H and O–H groups in total. The molecule has 0 aromatic rings. The molecular weight excluding hydrogens is 220 g/mol. The summed E-state index contributed by atoms with van der Waals surface area (Å²) in [5.74, 6) is 0. The molecule has 0 spiro atoms. The van der Waals surface area contributed by atoms with Crippen LogP contribution in [0, 0.1) is 0 Å². The van der Waals surface area contributed by atoms with Crippen LogP contribution in [0.15, 0.2) is 12.7 Å². The maximum Gasteiger partial charge on any atom is 0.0331 e. The van der Waals surface area contributed by atoms with Gasteiger partial charge >= 0.3 is 0 Å². The van der Waals surface area contributed by atoms with Gasteiger partial charge in [0.05, 0.1) is 0 Å². The highest BCUT2D eigenvalue weighted by Gasteiger charge is 2.35. The highest BCUT2D eigenvalue weighted by Crippen LogP contribution is 2.26. The van der Waals surface area contributed by atoms with Crippen LogP contribution in [0.25, 0.3) is 0 Å². The summed E-state index contributed by atoms with van der Waals surface area (Å²) in [7, 11) is 0. The molecule has 0 aliphatic heterocycles. The van der Waals surface area contributed by atoms with Crippen LogP contribution in [0.2, 0.25) is 0 Å². The van der Waals surface area contributed by atoms with E-state index in [1.807, 2.05) is 6.08 Å². The van der Waals surface area contributed by atoms with Gasteiger partial charge in [0.1, 0.15) is 0 Å². The van der Waals surface area contributed by atoms with Gasteiger partial charge in [-0.3, -0.25) is 4.90 Å². The van der Waals surface area contributed by atoms with Crippen LogP contribution in [-0.2, 0) is 0 Å². The molecule has 0 aromatic carbocycles. The van der Waals surface area contributed by atoms with Crippen molar-refractivity contribution in [3.05, 3.63) is 12.7 Å². The van der Waals surface area contributed by atoms with Crippen LogP contribution >= 0.6 is 0 Å². The SMILES string of the molecule is C=CCCCC(NCC)C(C)(CC)N(CC)CC. The average Bonchev–Trinajstić information content (AvgIpc) is 2.39. The second-order valence-corrected chi connectivity index (χ2v) is 5.21. The number of hydrogen-bond donors (Lipinski definition) is 1. The van der Waals surface area contributed by atoms with Crippen LogP contribution in [-0.4, -0.2) is 36.1 Å². The summed E-state index contributed by atoms with van der Waals surface area (Å²) in [5, 5.41) is 3.71. The fourth-order valence-electron chi connectivity index (χ4n) is 2.98. The van der Waals surface area contributed by atoms with Gasteiger partial charge < -0.3 is 5.32 Å². The Morgan fingerprint density at radius 2 is 1.83 bits per heavy atom. The number of unbranched alkanes of at least 4 members (excludes halogenated alkanes) is 1. The highest BCUT2D eigenvalue weighted by molar-refractivity contribution is 4.95. The maximum atomic E-state index is 3.82. The van der Waals surface area contributed by atoms with Gasteiger partial charge in [-0.2, -0.15) is 0 Å². The third-order valence-electron chi connectivity index (χ3n) is 4.30. The van der Waals surface area contributed by atoms with Gasteiger partial charge in [-0.05, 0) is 52.2 Å². The smallest absolute Gasteiger partial charge is 0.0331 e. The predicted octanol–water partition coefficient (Wildman–Crippen LogP) is 3.83. The molecule has 0 aliphatic carbocycles. The van der Waals surface area contributed by atoms with Gasteiger partial charge in [0, 0.05) is 11.6 Å². The zero-order valence-electron chi connectivity index (χ0n) is 13.3. The quantitative estimate of drug-likeness (QED) is 0.445. The molecule has 2 unspecified atom stereocenters. The monoisotopic (exact) mass is 254 g/mol. The van der Waals surface area contributed by atoms with Gasteiger partial charge in [-0.15, -0.1) is 6.58 Å². The van der Waals surface area contributed by atoms with Crippen LogP contribution in [0.5, 0.6) is 0 Å². The molecule has 0 heterocycles. The first kappa shape index (κ1) is 17.7.